The predicted octanol–water partition coefficient (Wildman–Crippen LogP) is 5.43. The number of imidazole rings is 1. The molecule has 1 atom stereocenters. The van der Waals surface area contributed by atoms with Crippen molar-refractivity contribution < 1.29 is 19.1 Å². The Morgan fingerprint density at radius 2 is 1.71 bits per heavy atom. The minimum atomic E-state index is -0.902. The van der Waals surface area contributed by atoms with E-state index in [4.69, 9.17) is 9.47 Å². The number of nitrogens with one attached hydrogen (secondary N) is 2. The summed E-state index contributed by atoms with van der Waals surface area (Å²) in [4.78, 5) is 33.4. The van der Waals surface area contributed by atoms with Crippen LogP contribution in [0.2, 0.25) is 0 Å². The van der Waals surface area contributed by atoms with Gasteiger partial charge in [0.25, 0.3) is 5.91 Å². The number of aryl methyl sites for hydroxylation is 2. The third-order valence-corrected chi connectivity index (χ3v) is 5.48. The molecule has 174 valence electrons. The Kier molecular flexibility index (Phi) is 6.63. The van der Waals surface area contributed by atoms with Crippen molar-refractivity contribution in [2.75, 3.05) is 12.4 Å². The van der Waals surface area contributed by atoms with Crippen molar-refractivity contribution >= 4 is 28.6 Å². The number of aromatic nitrogens is 2. The van der Waals surface area contributed by atoms with E-state index in [-0.39, 0.29) is 5.91 Å². The van der Waals surface area contributed by atoms with E-state index in [1.165, 1.54) is 0 Å². The first-order valence-corrected chi connectivity index (χ1v) is 11.1. The zero-order chi connectivity index (χ0) is 24.2. The van der Waals surface area contributed by atoms with Crippen LogP contribution in [0.4, 0.5) is 5.69 Å². The van der Waals surface area contributed by atoms with Gasteiger partial charge in [0.05, 0.1) is 23.7 Å². The molecule has 34 heavy (non-hydrogen) atoms. The average Bonchev–Trinajstić information content (AvgIpc) is 3.25. The average molecular weight is 458 g/mol. The summed E-state index contributed by atoms with van der Waals surface area (Å²) in [6.45, 7) is 5.73. The van der Waals surface area contributed by atoms with Crippen molar-refractivity contribution in [2.45, 2.75) is 33.3 Å². The second-order valence-corrected chi connectivity index (χ2v) is 8.21. The van der Waals surface area contributed by atoms with Gasteiger partial charge in [-0.2, -0.15) is 0 Å². The SMILES string of the molecule is CCC(OC(=O)c1ccc2nc(-c3ccc(OC)cc3)[nH]c2c1)C(=O)Nc1cc(C)cc(C)c1. The highest BCUT2D eigenvalue weighted by Crippen LogP contribution is 2.24. The van der Waals surface area contributed by atoms with Crippen LogP contribution >= 0.6 is 0 Å². The molecule has 0 saturated heterocycles. The van der Waals surface area contributed by atoms with Gasteiger partial charge in [-0.25, -0.2) is 9.78 Å². The molecule has 0 saturated carbocycles. The molecule has 1 unspecified atom stereocenters. The highest BCUT2D eigenvalue weighted by atomic mass is 16.5. The lowest BCUT2D eigenvalue weighted by molar-refractivity contribution is -0.124. The molecule has 7 heteroatoms. The second-order valence-electron chi connectivity index (χ2n) is 8.21. The summed E-state index contributed by atoms with van der Waals surface area (Å²) in [7, 11) is 1.62. The van der Waals surface area contributed by atoms with E-state index < -0.39 is 12.1 Å². The lowest BCUT2D eigenvalue weighted by Crippen LogP contribution is -2.32. The third-order valence-electron chi connectivity index (χ3n) is 5.48. The van der Waals surface area contributed by atoms with Gasteiger partial charge >= 0.3 is 5.97 Å². The number of rotatable bonds is 7. The molecular formula is C27H27N3O4. The number of methoxy groups -OCH3 is 1. The van der Waals surface area contributed by atoms with Gasteiger partial charge < -0.3 is 19.8 Å². The van der Waals surface area contributed by atoms with Crippen LogP contribution in [-0.4, -0.2) is 35.1 Å². The number of fused-ring (bicyclic) bond motifs is 1. The molecule has 4 aromatic rings. The van der Waals surface area contributed by atoms with Crippen LogP contribution in [0.25, 0.3) is 22.4 Å². The molecule has 0 spiro atoms. The van der Waals surface area contributed by atoms with E-state index in [2.05, 4.69) is 15.3 Å². The lowest BCUT2D eigenvalue weighted by atomic mass is 10.1. The molecule has 3 aromatic carbocycles. The Labute approximate surface area is 198 Å². The van der Waals surface area contributed by atoms with Crippen LogP contribution in [0, 0.1) is 13.8 Å². The van der Waals surface area contributed by atoms with Crippen LogP contribution in [0.1, 0.15) is 34.8 Å². The molecule has 0 radical (unpaired) electrons. The van der Waals surface area contributed by atoms with E-state index in [9.17, 15) is 9.59 Å². The highest BCUT2D eigenvalue weighted by Gasteiger charge is 2.23. The normalized spacial score (nSPS) is 11.8. The maximum absolute atomic E-state index is 12.8. The number of benzene rings is 3. The van der Waals surface area contributed by atoms with Crippen molar-refractivity contribution in [3.63, 3.8) is 0 Å². The maximum Gasteiger partial charge on any atom is 0.338 e. The van der Waals surface area contributed by atoms with Crippen molar-refractivity contribution in [3.05, 3.63) is 77.4 Å². The standard InChI is InChI=1S/C27H27N3O4/c1-5-24(26(31)28-20-13-16(2)12-17(3)14-20)34-27(32)19-8-11-22-23(15-19)30-25(29-22)18-6-9-21(33-4)10-7-18/h6-15,24H,5H2,1-4H3,(H,28,31)(H,29,30). The Hall–Kier alpha value is -4.13. The van der Waals surface area contributed by atoms with Gasteiger partial charge in [0.15, 0.2) is 6.10 Å². The highest BCUT2D eigenvalue weighted by molar-refractivity contribution is 5.99. The number of H-pyrrole nitrogens is 1. The quantitative estimate of drug-likeness (QED) is 0.361. The topological polar surface area (TPSA) is 93.3 Å². The fourth-order valence-electron chi connectivity index (χ4n) is 3.81. The first kappa shape index (κ1) is 23.0. The van der Waals surface area contributed by atoms with Crippen molar-refractivity contribution in [2.24, 2.45) is 0 Å². The summed E-state index contributed by atoms with van der Waals surface area (Å²) in [6.07, 6.45) is -0.545. The molecule has 0 aliphatic rings. The zero-order valence-corrected chi connectivity index (χ0v) is 19.6. The summed E-state index contributed by atoms with van der Waals surface area (Å²) in [6, 6.07) is 18.4. The molecule has 2 N–H and O–H groups in total. The maximum atomic E-state index is 12.8. The first-order chi connectivity index (χ1) is 16.4. The monoisotopic (exact) mass is 457 g/mol. The number of anilines is 1. The smallest absolute Gasteiger partial charge is 0.338 e. The van der Waals surface area contributed by atoms with Gasteiger partial charge in [-0.1, -0.05) is 13.0 Å². The molecule has 0 aliphatic carbocycles. The number of hydrogen-bond donors (Lipinski definition) is 2. The minimum absolute atomic E-state index is 0.343. The number of aromatic amines is 1. The Balaban J connectivity index is 1.49. The number of carbonyl (C=O) groups is 2. The molecular weight excluding hydrogens is 430 g/mol. The van der Waals surface area contributed by atoms with Crippen molar-refractivity contribution in [1.29, 1.82) is 0 Å². The molecule has 0 aliphatic heterocycles. The minimum Gasteiger partial charge on any atom is -0.497 e. The Morgan fingerprint density at radius 1 is 1.00 bits per heavy atom. The fraction of sp³-hybridized carbons (Fsp3) is 0.222. The summed E-state index contributed by atoms with van der Waals surface area (Å²) in [5.74, 6) is 0.523. The van der Waals surface area contributed by atoms with E-state index in [0.29, 0.717) is 29.0 Å². The van der Waals surface area contributed by atoms with Crippen molar-refractivity contribution in [1.82, 2.24) is 9.97 Å². The number of hydrogen-bond acceptors (Lipinski definition) is 5. The van der Waals surface area contributed by atoms with Gasteiger partial charge in [0.1, 0.15) is 11.6 Å². The van der Waals surface area contributed by atoms with E-state index >= 15 is 0 Å². The van der Waals surface area contributed by atoms with Crippen molar-refractivity contribution in [3.8, 4) is 17.1 Å². The predicted molar refractivity (Wildman–Crippen MR) is 132 cm³/mol. The molecule has 1 heterocycles. The summed E-state index contributed by atoms with van der Waals surface area (Å²) < 4.78 is 10.7. The molecule has 4 rings (SSSR count). The Morgan fingerprint density at radius 3 is 2.35 bits per heavy atom. The first-order valence-electron chi connectivity index (χ1n) is 11.1. The van der Waals surface area contributed by atoms with Gasteiger partial charge in [-0.3, -0.25) is 4.79 Å². The van der Waals surface area contributed by atoms with Crippen LogP contribution in [0.3, 0.4) is 0 Å². The lowest BCUT2D eigenvalue weighted by Gasteiger charge is -2.16. The van der Waals surface area contributed by atoms with E-state index in [1.54, 1.807) is 32.2 Å². The second kappa shape index (κ2) is 9.79. The zero-order valence-electron chi connectivity index (χ0n) is 19.6. The summed E-state index contributed by atoms with van der Waals surface area (Å²) in [5, 5.41) is 2.85. The largest absolute Gasteiger partial charge is 0.497 e. The number of esters is 1. The van der Waals surface area contributed by atoms with Gasteiger partial charge in [0, 0.05) is 11.3 Å². The van der Waals surface area contributed by atoms with Gasteiger partial charge in [-0.15, -0.1) is 0 Å². The number of carbonyl (C=O) groups excluding carboxylic acids is 2. The van der Waals surface area contributed by atoms with Crippen LogP contribution in [-0.2, 0) is 9.53 Å². The molecule has 7 nitrogen and oxygen atoms in total. The molecule has 0 bridgehead atoms. The third kappa shape index (κ3) is 5.09. The molecule has 0 fully saturated rings. The van der Waals surface area contributed by atoms with Gasteiger partial charge in [-0.05, 0) is 86.0 Å². The van der Waals surface area contributed by atoms with Gasteiger partial charge in [0.2, 0.25) is 0 Å². The van der Waals surface area contributed by atoms with Crippen LogP contribution in [0.15, 0.2) is 60.7 Å². The number of amides is 1. The fourth-order valence-corrected chi connectivity index (χ4v) is 3.81. The molecule has 1 amide bonds. The van der Waals surface area contributed by atoms with Crippen LogP contribution in [0.5, 0.6) is 5.75 Å². The number of ether oxygens (including phenoxy) is 2. The molecule has 1 aromatic heterocycles. The van der Waals surface area contributed by atoms with E-state index in [0.717, 1.165) is 28.0 Å². The summed E-state index contributed by atoms with van der Waals surface area (Å²) >= 11 is 0. The summed E-state index contributed by atoms with van der Waals surface area (Å²) in [5.41, 5.74) is 5.44. The Bertz CT molecular complexity index is 1320. The van der Waals surface area contributed by atoms with E-state index in [1.807, 2.05) is 56.3 Å². The number of nitrogens with zero attached hydrogens (tertiary/aromatic N) is 1. The van der Waals surface area contributed by atoms with Crippen LogP contribution < -0.4 is 10.1 Å².